The zero-order chi connectivity index (χ0) is 20.1. The van der Waals surface area contributed by atoms with Crippen LogP contribution in [-0.2, 0) is 22.6 Å². The minimum atomic E-state index is -0.478. The molecule has 2 aliphatic rings. The van der Waals surface area contributed by atoms with Gasteiger partial charge in [-0.2, -0.15) is 0 Å². The number of carbonyl (C=O) groups is 2. The van der Waals surface area contributed by atoms with Gasteiger partial charge in [0.2, 0.25) is 11.8 Å². The molecule has 6 heteroatoms. The van der Waals surface area contributed by atoms with Gasteiger partial charge in [0, 0.05) is 19.5 Å². The van der Waals surface area contributed by atoms with E-state index in [-0.39, 0.29) is 43.5 Å². The Hall–Kier alpha value is -2.18. The lowest BCUT2D eigenvalue weighted by Crippen LogP contribution is -2.48. The van der Waals surface area contributed by atoms with Crippen molar-refractivity contribution in [3.63, 3.8) is 0 Å². The van der Waals surface area contributed by atoms with Gasteiger partial charge < -0.3 is 20.0 Å². The van der Waals surface area contributed by atoms with Gasteiger partial charge >= 0.3 is 0 Å². The number of hydrogen-bond donors (Lipinski definition) is 2. The lowest BCUT2D eigenvalue weighted by Gasteiger charge is -2.37. The van der Waals surface area contributed by atoms with Gasteiger partial charge in [-0.1, -0.05) is 30.3 Å². The molecule has 3 atom stereocenters. The minimum absolute atomic E-state index is 0.0456. The van der Waals surface area contributed by atoms with E-state index in [1.165, 1.54) is 0 Å². The van der Waals surface area contributed by atoms with Crippen LogP contribution in [0, 0.1) is 5.92 Å². The molecule has 1 fully saturated rings. The minimum Gasteiger partial charge on any atom is -0.394 e. The number of carbonyl (C=O) groups excluding carboxylic acids is 2. The molecule has 0 saturated carbocycles. The average molecular weight is 386 g/mol. The molecule has 0 aliphatic carbocycles. The number of hydrogen-bond acceptors (Lipinski definition) is 4. The van der Waals surface area contributed by atoms with Gasteiger partial charge in [-0.05, 0) is 36.8 Å². The maximum absolute atomic E-state index is 13.1. The van der Waals surface area contributed by atoms with Crippen LogP contribution in [0.4, 0.5) is 0 Å². The zero-order valence-electron chi connectivity index (χ0n) is 16.3. The number of allylic oxidation sites excluding steroid dienone is 1. The average Bonchev–Trinajstić information content (AvgIpc) is 3.20. The summed E-state index contributed by atoms with van der Waals surface area (Å²) in [4.78, 5) is 29.5. The first-order valence-electron chi connectivity index (χ1n) is 10.1. The third-order valence-electron chi connectivity index (χ3n) is 5.98. The highest BCUT2D eigenvalue weighted by molar-refractivity contribution is 5.86. The van der Waals surface area contributed by atoms with Crippen molar-refractivity contribution in [2.24, 2.45) is 5.92 Å². The summed E-state index contributed by atoms with van der Waals surface area (Å²) < 4.78 is 0. The fourth-order valence-electron chi connectivity index (χ4n) is 4.39. The maximum atomic E-state index is 13.1. The second-order valence-electron chi connectivity index (χ2n) is 7.77. The number of likely N-dealkylation sites (tertiary alicyclic amines) is 1. The Balaban J connectivity index is 1.73. The highest BCUT2D eigenvalue weighted by Gasteiger charge is 2.36. The predicted octanol–water partition coefficient (Wildman–Crippen LogP) is 1.50. The van der Waals surface area contributed by atoms with Crippen molar-refractivity contribution < 1.29 is 19.8 Å². The highest BCUT2D eigenvalue weighted by Crippen LogP contribution is 2.27. The molecule has 1 aromatic rings. The fourth-order valence-corrected chi connectivity index (χ4v) is 4.39. The zero-order valence-corrected chi connectivity index (χ0v) is 16.3. The Labute approximate surface area is 166 Å². The Morgan fingerprint density at radius 1 is 1.14 bits per heavy atom. The van der Waals surface area contributed by atoms with Crippen molar-refractivity contribution >= 4 is 11.8 Å². The Bertz CT molecular complexity index is 720. The van der Waals surface area contributed by atoms with E-state index in [4.69, 9.17) is 0 Å². The number of amides is 2. The van der Waals surface area contributed by atoms with Gasteiger partial charge in [-0.15, -0.1) is 6.58 Å². The van der Waals surface area contributed by atoms with E-state index < -0.39 is 5.92 Å². The maximum Gasteiger partial charge on any atom is 0.226 e. The second kappa shape index (κ2) is 9.34. The van der Waals surface area contributed by atoms with E-state index in [9.17, 15) is 19.8 Å². The van der Waals surface area contributed by atoms with E-state index in [0.717, 1.165) is 24.0 Å². The van der Waals surface area contributed by atoms with Gasteiger partial charge in [-0.25, -0.2) is 0 Å². The molecular weight excluding hydrogens is 356 g/mol. The second-order valence-corrected chi connectivity index (χ2v) is 7.77. The van der Waals surface area contributed by atoms with Crippen molar-refractivity contribution in [3.05, 3.63) is 48.0 Å². The molecule has 6 nitrogen and oxygen atoms in total. The van der Waals surface area contributed by atoms with Crippen molar-refractivity contribution in [3.8, 4) is 0 Å². The van der Waals surface area contributed by atoms with E-state index >= 15 is 0 Å². The molecule has 2 amide bonds. The van der Waals surface area contributed by atoms with E-state index in [1.54, 1.807) is 15.9 Å². The van der Waals surface area contributed by atoms with Gasteiger partial charge in [0.15, 0.2) is 0 Å². The van der Waals surface area contributed by atoms with E-state index in [2.05, 4.69) is 6.58 Å². The van der Waals surface area contributed by atoms with Crippen LogP contribution < -0.4 is 0 Å². The summed E-state index contributed by atoms with van der Waals surface area (Å²) in [6, 6.07) is 7.54. The molecule has 1 saturated heterocycles. The summed E-state index contributed by atoms with van der Waals surface area (Å²) in [6.07, 6.45) is 4.49. The van der Waals surface area contributed by atoms with E-state index in [0.29, 0.717) is 25.9 Å². The first-order valence-corrected chi connectivity index (χ1v) is 10.1. The Morgan fingerprint density at radius 2 is 1.86 bits per heavy atom. The van der Waals surface area contributed by atoms with Crippen LogP contribution in [0.1, 0.15) is 36.8 Å². The lowest BCUT2D eigenvalue weighted by atomic mass is 9.92. The normalized spacial score (nSPS) is 22.6. The number of benzene rings is 1. The van der Waals surface area contributed by atoms with Crippen molar-refractivity contribution in [2.45, 2.75) is 50.7 Å². The predicted molar refractivity (Wildman–Crippen MR) is 106 cm³/mol. The number of nitrogens with zero attached hydrogens (tertiary/aromatic N) is 2. The molecule has 1 aromatic carbocycles. The fraction of sp³-hybridized carbons (Fsp3) is 0.545. The molecule has 0 radical (unpaired) electrons. The van der Waals surface area contributed by atoms with Crippen LogP contribution in [0.25, 0.3) is 0 Å². The quantitative estimate of drug-likeness (QED) is 0.696. The summed E-state index contributed by atoms with van der Waals surface area (Å²) >= 11 is 0. The van der Waals surface area contributed by atoms with Gasteiger partial charge in [0.1, 0.15) is 0 Å². The number of aliphatic hydroxyl groups excluding tert-OH is 2. The Morgan fingerprint density at radius 3 is 2.54 bits per heavy atom. The third-order valence-corrected chi connectivity index (χ3v) is 5.98. The summed E-state index contributed by atoms with van der Waals surface area (Å²) in [6.45, 7) is 4.68. The lowest BCUT2D eigenvalue weighted by molar-refractivity contribution is -0.144. The molecule has 152 valence electrons. The standard InChI is InChI=1S/C22H30N2O4/c1-2-6-17(22(28)23-10-5-9-19(23)14-25)12-21(27)24-13-18-8-4-3-7-16(18)11-20(24)15-26/h2-4,7-8,17,19-20,25-26H,1,5-6,9-15H2/t17-,19+,20+/m1/s1. The van der Waals surface area contributed by atoms with Crippen LogP contribution in [0.3, 0.4) is 0 Å². The van der Waals surface area contributed by atoms with Gasteiger partial charge in [0.05, 0.1) is 31.2 Å². The smallest absolute Gasteiger partial charge is 0.226 e. The van der Waals surface area contributed by atoms with Crippen molar-refractivity contribution in [1.29, 1.82) is 0 Å². The molecule has 2 heterocycles. The summed E-state index contributed by atoms with van der Waals surface area (Å²) in [5, 5.41) is 19.3. The van der Waals surface area contributed by atoms with Crippen LogP contribution in [0.15, 0.2) is 36.9 Å². The third kappa shape index (κ3) is 4.28. The summed E-state index contributed by atoms with van der Waals surface area (Å²) in [5.41, 5.74) is 2.25. The summed E-state index contributed by atoms with van der Waals surface area (Å²) in [5.74, 6) is -0.676. The summed E-state index contributed by atoms with van der Waals surface area (Å²) in [7, 11) is 0. The molecule has 0 bridgehead atoms. The number of rotatable bonds is 7. The van der Waals surface area contributed by atoms with E-state index in [1.807, 2.05) is 24.3 Å². The van der Waals surface area contributed by atoms with Crippen LogP contribution in [-0.4, -0.2) is 63.7 Å². The molecule has 3 rings (SSSR count). The van der Waals surface area contributed by atoms with Crippen LogP contribution in [0.2, 0.25) is 0 Å². The highest BCUT2D eigenvalue weighted by atomic mass is 16.3. The van der Waals surface area contributed by atoms with Crippen molar-refractivity contribution in [2.75, 3.05) is 19.8 Å². The Kier molecular flexibility index (Phi) is 6.86. The van der Waals surface area contributed by atoms with Gasteiger partial charge in [-0.3, -0.25) is 9.59 Å². The monoisotopic (exact) mass is 386 g/mol. The molecule has 0 unspecified atom stereocenters. The van der Waals surface area contributed by atoms with Crippen LogP contribution in [0.5, 0.6) is 0 Å². The molecule has 2 aliphatic heterocycles. The molecule has 2 N–H and O–H groups in total. The number of aliphatic hydroxyl groups is 2. The molecule has 0 spiro atoms. The van der Waals surface area contributed by atoms with Crippen LogP contribution >= 0.6 is 0 Å². The SMILES string of the molecule is C=CC[C@H](CC(=O)N1Cc2ccccc2C[C@H]1CO)C(=O)N1CCC[C@H]1CO. The number of fused-ring (bicyclic) bond motifs is 1. The first kappa shape index (κ1) is 20.6. The topological polar surface area (TPSA) is 81.1 Å². The molecular formula is C22H30N2O4. The van der Waals surface area contributed by atoms with Gasteiger partial charge in [0.25, 0.3) is 0 Å². The largest absolute Gasteiger partial charge is 0.394 e. The first-order chi connectivity index (χ1) is 13.6. The molecule has 28 heavy (non-hydrogen) atoms. The van der Waals surface area contributed by atoms with Crippen molar-refractivity contribution in [1.82, 2.24) is 9.80 Å². The molecule has 0 aromatic heterocycles.